The number of nitrogens with two attached hydrogens (primary N) is 1. The molecule has 2 aromatic heterocycles. The van der Waals surface area contributed by atoms with Gasteiger partial charge in [0.1, 0.15) is 18.1 Å². The molecule has 3 aromatic rings. The summed E-state index contributed by atoms with van der Waals surface area (Å²) in [7, 11) is 0. The van der Waals surface area contributed by atoms with Crippen LogP contribution in [0, 0.1) is 0 Å². The number of nitrogens with one attached hydrogen (secondary N) is 1. The van der Waals surface area contributed by atoms with E-state index in [1.807, 2.05) is 42.3 Å². The first-order chi connectivity index (χ1) is 16.7. The van der Waals surface area contributed by atoms with Gasteiger partial charge < -0.3 is 30.4 Å². The average molecular weight is 458 g/mol. The SMILES string of the molecule is CCN1C=Cc2cc(-c3cnc(N)nc3)nc(Nc3ccc(N4CCOCC4)cc3)c2C1C=O. The third-order valence-corrected chi connectivity index (χ3v) is 6.16. The summed E-state index contributed by atoms with van der Waals surface area (Å²) in [6.07, 6.45) is 8.23. The van der Waals surface area contributed by atoms with E-state index in [1.165, 1.54) is 0 Å². The average Bonchev–Trinajstić information content (AvgIpc) is 2.89. The van der Waals surface area contributed by atoms with Crippen molar-refractivity contribution in [3.05, 3.63) is 60.1 Å². The van der Waals surface area contributed by atoms with Crippen molar-refractivity contribution >= 4 is 35.5 Å². The number of nitrogens with zero attached hydrogens (tertiary/aromatic N) is 5. The summed E-state index contributed by atoms with van der Waals surface area (Å²) < 4.78 is 5.45. The molecule has 4 heterocycles. The molecular weight excluding hydrogens is 430 g/mol. The maximum atomic E-state index is 12.1. The van der Waals surface area contributed by atoms with Crippen LogP contribution in [0.25, 0.3) is 17.3 Å². The van der Waals surface area contributed by atoms with E-state index >= 15 is 0 Å². The predicted octanol–water partition coefficient (Wildman–Crippen LogP) is 3.25. The summed E-state index contributed by atoms with van der Waals surface area (Å²) in [4.78, 5) is 29.5. The number of carbonyl (C=O) groups is 1. The molecule has 1 unspecified atom stereocenters. The van der Waals surface area contributed by atoms with E-state index in [2.05, 4.69) is 32.3 Å². The topological polar surface area (TPSA) is 110 Å². The Balaban J connectivity index is 1.53. The van der Waals surface area contributed by atoms with Gasteiger partial charge >= 0.3 is 0 Å². The molecule has 0 aliphatic carbocycles. The van der Waals surface area contributed by atoms with Gasteiger partial charge in [-0.15, -0.1) is 0 Å². The second kappa shape index (κ2) is 9.48. The molecule has 0 bridgehead atoms. The highest BCUT2D eigenvalue weighted by Crippen LogP contribution is 2.37. The Labute approximate surface area is 198 Å². The lowest BCUT2D eigenvalue weighted by molar-refractivity contribution is -0.111. The van der Waals surface area contributed by atoms with Crippen molar-refractivity contribution in [1.29, 1.82) is 0 Å². The zero-order valence-electron chi connectivity index (χ0n) is 19.0. The van der Waals surface area contributed by atoms with Crippen molar-refractivity contribution < 1.29 is 9.53 Å². The molecule has 2 aliphatic heterocycles. The minimum absolute atomic E-state index is 0.208. The highest BCUT2D eigenvalue weighted by atomic mass is 16.5. The number of likely N-dealkylation sites (N-methyl/N-ethyl adjacent to an activating group) is 1. The Morgan fingerprint density at radius 3 is 2.59 bits per heavy atom. The molecule has 174 valence electrons. The van der Waals surface area contributed by atoms with E-state index in [0.717, 1.165) is 60.7 Å². The Morgan fingerprint density at radius 2 is 1.91 bits per heavy atom. The third kappa shape index (κ3) is 4.29. The monoisotopic (exact) mass is 457 g/mol. The summed E-state index contributed by atoms with van der Waals surface area (Å²) in [5.41, 5.74) is 10.9. The largest absolute Gasteiger partial charge is 0.378 e. The van der Waals surface area contributed by atoms with Gasteiger partial charge in [0.15, 0.2) is 0 Å². The quantitative estimate of drug-likeness (QED) is 0.539. The second-order valence-corrected chi connectivity index (χ2v) is 8.19. The summed E-state index contributed by atoms with van der Waals surface area (Å²) in [5, 5.41) is 3.45. The summed E-state index contributed by atoms with van der Waals surface area (Å²) in [6, 6.07) is 9.77. The van der Waals surface area contributed by atoms with Crippen LogP contribution in [-0.4, -0.2) is 59.0 Å². The lowest BCUT2D eigenvalue weighted by Gasteiger charge is -2.32. The molecule has 9 nitrogen and oxygen atoms in total. The fourth-order valence-corrected chi connectivity index (χ4v) is 4.33. The number of anilines is 4. The van der Waals surface area contributed by atoms with E-state index in [0.29, 0.717) is 18.1 Å². The van der Waals surface area contributed by atoms with Gasteiger partial charge in [-0.1, -0.05) is 0 Å². The number of rotatable bonds is 6. The van der Waals surface area contributed by atoms with Crippen molar-refractivity contribution in [3.63, 3.8) is 0 Å². The van der Waals surface area contributed by atoms with Crippen LogP contribution in [0.2, 0.25) is 0 Å². The van der Waals surface area contributed by atoms with Crippen molar-refractivity contribution in [3.8, 4) is 11.3 Å². The number of hydrogen-bond acceptors (Lipinski definition) is 9. The molecule has 0 spiro atoms. The van der Waals surface area contributed by atoms with E-state index in [4.69, 9.17) is 15.5 Å². The van der Waals surface area contributed by atoms with Gasteiger partial charge in [-0.2, -0.15) is 0 Å². The van der Waals surface area contributed by atoms with Crippen LogP contribution in [-0.2, 0) is 9.53 Å². The highest BCUT2D eigenvalue weighted by Gasteiger charge is 2.27. The smallest absolute Gasteiger partial charge is 0.219 e. The molecule has 0 amide bonds. The number of nitrogen functional groups attached to an aromatic ring is 1. The maximum Gasteiger partial charge on any atom is 0.219 e. The minimum Gasteiger partial charge on any atom is -0.378 e. The molecular formula is C25H27N7O2. The van der Waals surface area contributed by atoms with E-state index in [1.54, 1.807) is 12.4 Å². The number of pyridine rings is 1. The number of hydrogen-bond donors (Lipinski definition) is 2. The number of benzene rings is 1. The second-order valence-electron chi connectivity index (χ2n) is 8.19. The number of aldehydes is 1. The van der Waals surface area contributed by atoms with Crippen molar-refractivity contribution in [2.45, 2.75) is 13.0 Å². The van der Waals surface area contributed by atoms with Crippen LogP contribution in [0.1, 0.15) is 24.1 Å². The molecule has 1 fully saturated rings. The standard InChI is InChI=1S/C25H27N7O2/c1-2-31-8-7-17-13-21(18-14-27-25(26)28-15-18)30-24(23(17)22(31)16-33)29-19-3-5-20(6-4-19)32-9-11-34-12-10-32/h3-8,13-16,22H,2,9-12H2,1H3,(H,29,30)(H2,26,27,28). The lowest BCUT2D eigenvalue weighted by Crippen LogP contribution is -2.36. The Hall–Kier alpha value is -3.98. The molecule has 1 saturated heterocycles. The van der Waals surface area contributed by atoms with Gasteiger partial charge in [0, 0.05) is 60.7 Å². The van der Waals surface area contributed by atoms with Crippen LogP contribution in [0.5, 0.6) is 0 Å². The van der Waals surface area contributed by atoms with Crippen LogP contribution in [0.15, 0.2) is 48.9 Å². The fourth-order valence-electron chi connectivity index (χ4n) is 4.33. The Kier molecular flexibility index (Phi) is 6.09. The maximum absolute atomic E-state index is 12.1. The van der Waals surface area contributed by atoms with Crippen LogP contribution in [0.3, 0.4) is 0 Å². The fraction of sp³-hybridized carbons (Fsp3) is 0.280. The zero-order chi connectivity index (χ0) is 23.5. The van der Waals surface area contributed by atoms with Gasteiger partial charge in [0.05, 0.1) is 18.9 Å². The molecule has 0 saturated carbocycles. The van der Waals surface area contributed by atoms with Crippen molar-refractivity contribution in [2.75, 3.05) is 48.8 Å². The molecule has 1 aromatic carbocycles. The molecule has 2 aliphatic rings. The van der Waals surface area contributed by atoms with E-state index < -0.39 is 6.04 Å². The van der Waals surface area contributed by atoms with Gasteiger partial charge in [0.25, 0.3) is 0 Å². The molecule has 3 N–H and O–H groups in total. The number of morpholine rings is 1. The van der Waals surface area contributed by atoms with Gasteiger partial charge in [0.2, 0.25) is 5.95 Å². The zero-order valence-corrected chi connectivity index (χ0v) is 19.0. The van der Waals surface area contributed by atoms with Crippen LogP contribution in [0.4, 0.5) is 23.1 Å². The summed E-state index contributed by atoms with van der Waals surface area (Å²) in [5.74, 6) is 0.836. The number of carbonyl (C=O) groups excluding carboxylic acids is 1. The minimum atomic E-state index is -0.427. The first kappa shape index (κ1) is 21.8. The third-order valence-electron chi connectivity index (χ3n) is 6.16. The molecule has 0 radical (unpaired) electrons. The number of ether oxygens (including phenoxy) is 1. The van der Waals surface area contributed by atoms with E-state index in [-0.39, 0.29) is 5.95 Å². The van der Waals surface area contributed by atoms with Gasteiger partial charge in [-0.05, 0) is 48.9 Å². The number of fused-ring (bicyclic) bond motifs is 1. The molecule has 5 rings (SSSR count). The summed E-state index contributed by atoms with van der Waals surface area (Å²) >= 11 is 0. The molecule has 34 heavy (non-hydrogen) atoms. The Morgan fingerprint density at radius 1 is 1.18 bits per heavy atom. The van der Waals surface area contributed by atoms with Crippen molar-refractivity contribution in [1.82, 2.24) is 19.9 Å². The molecule has 1 atom stereocenters. The van der Waals surface area contributed by atoms with Crippen LogP contribution < -0.4 is 16.0 Å². The van der Waals surface area contributed by atoms with E-state index in [9.17, 15) is 4.79 Å². The highest BCUT2D eigenvalue weighted by molar-refractivity contribution is 5.80. The predicted molar refractivity (Wildman–Crippen MR) is 133 cm³/mol. The lowest BCUT2D eigenvalue weighted by atomic mass is 9.96. The number of aromatic nitrogens is 3. The van der Waals surface area contributed by atoms with Crippen molar-refractivity contribution in [2.24, 2.45) is 0 Å². The first-order valence-electron chi connectivity index (χ1n) is 11.4. The first-order valence-corrected chi connectivity index (χ1v) is 11.4. The summed E-state index contributed by atoms with van der Waals surface area (Å²) in [6.45, 7) is 5.98. The van der Waals surface area contributed by atoms with Crippen LogP contribution >= 0.6 is 0 Å². The van der Waals surface area contributed by atoms with Gasteiger partial charge in [-0.3, -0.25) is 0 Å². The molecule has 9 heteroatoms. The normalized spacial score (nSPS) is 17.4. The van der Waals surface area contributed by atoms with Gasteiger partial charge in [-0.25, -0.2) is 15.0 Å². The Bertz CT molecular complexity index is 1190.